The van der Waals surface area contributed by atoms with Gasteiger partial charge in [0.25, 0.3) is 0 Å². The molecule has 0 amide bonds. The van der Waals surface area contributed by atoms with Crippen molar-refractivity contribution in [3.8, 4) is 0 Å². The van der Waals surface area contributed by atoms with Crippen molar-refractivity contribution in [2.75, 3.05) is 5.73 Å². The SMILES string of the molecule is [2H]c1c([2H])c([2H])c(C(C)(O)c2cc(Cl)ccc2N)c([2H])c1[2H]. The van der Waals surface area contributed by atoms with Gasteiger partial charge in [0.05, 0.1) is 6.85 Å². The molecule has 0 spiro atoms. The van der Waals surface area contributed by atoms with Gasteiger partial charge in [-0.1, -0.05) is 41.8 Å². The van der Waals surface area contributed by atoms with Crippen LogP contribution < -0.4 is 5.73 Å². The molecule has 0 aliphatic heterocycles. The number of anilines is 1. The van der Waals surface area contributed by atoms with Crippen molar-refractivity contribution in [3.63, 3.8) is 0 Å². The molecule has 2 rings (SSSR count). The number of aliphatic hydroxyl groups is 1. The number of rotatable bonds is 2. The predicted octanol–water partition coefficient (Wildman–Crippen LogP) is 3.18. The normalized spacial score (nSPS) is 18.4. The van der Waals surface area contributed by atoms with Crippen LogP contribution in [0.15, 0.2) is 48.4 Å². The summed E-state index contributed by atoms with van der Waals surface area (Å²) in [7, 11) is 0. The van der Waals surface area contributed by atoms with Crippen molar-refractivity contribution < 1.29 is 12.0 Å². The van der Waals surface area contributed by atoms with E-state index < -0.39 is 35.8 Å². The molecule has 0 fully saturated rings. The second kappa shape index (κ2) is 4.40. The van der Waals surface area contributed by atoms with Gasteiger partial charge >= 0.3 is 0 Å². The highest BCUT2D eigenvalue weighted by Crippen LogP contribution is 2.34. The molecule has 0 saturated carbocycles. The molecule has 2 nitrogen and oxygen atoms in total. The Balaban J connectivity index is 2.82. The first-order valence-corrected chi connectivity index (χ1v) is 5.32. The number of benzene rings is 2. The molecular formula is C14H14ClNO. The average molecular weight is 253 g/mol. The van der Waals surface area contributed by atoms with Gasteiger partial charge in [-0.3, -0.25) is 0 Å². The Bertz CT molecular complexity index is 734. The zero-order valence-corrected chi connectivity index (χ0v) is 9.89. The minimum Gasteiger partial charge on any atom is -0.398 e. The van der Waals surface area contributed by atoms with Crippen LogP contribution in [0, 0.1) is 0 Å². The van der Waals surface area contributed by atoms with Crippen molar-refractivity contribution in [1.29, 1.82) is 0 Å². The van der Waals surface area contributed by atoms with E-state index in [2.05, 4.69) is 0 Å². The number of hydrogen-bond donors (Lipinski definition) is 2. The van der Waals surface area contributed by atoms with Crippen molar-refractivity contribution in [3.05, 3.63) is 64.6 Å². The first-order valence-electron chi connectivity index (χ1n) is 7.44. The molecule has 0 aliphatic carbocycles. The third kappa shape index (κ3) is 2.28. The van der Waals surface area contributed by atoms with Gasteiger partial charge in [-0.25, -0.2) is 0 Å². The molecule has 1 unspecified atom stereocenters. The van der Waals surface area contributed by atoms with Gasteiger partial charge in [0.1, 0.15) is 5.60 Å². The number of hydrogen-bond acceptors (Lipinski definition) is 2. The van der Waals surface area contributed by atoms with Crippen LogP contribution in [0.5, 0.6) is 0 Å². The number of halogens is 1. The first-order chi connectivity index (χ1) is 10.1. The van der Waals surface area contributed by atoms with Gasteiger partial charge in [-0.05, 0) is 30.7 Å². The summed E-state index contributed by atoms with van der Waals surface area (Å²) >= 11 is 5.91. The van der Waals surface area contributed by atoms with Gasteiger partial charge in [0.2, 0.25) is 0 Å². The molecule has 88 valence electrons. The highest BCUT2D eigenvalue weighted by atomic mass is 35.5. The minimum absolute atomic E-state index is 0.179. The molecule has 0 heterocycles. The Morgan fingerprint density at radius 2 is 1.94 bits per heavy atom. The highest BCUT2D eigenvalue weighted by Gasteiger charge is 2.27. The van der Waals surface area contributed by atoms with E-state index >= 15 is 0 Å². The topological polar surface area (TPSA) is 46.2 Å². The van der Waals surface area contributed by atoms with Gasteiger partial charge in [-0.15, -0.1) is 0 Å². The van der Waals surface area contributed by atoms with E-state index in [9.17, 15) is 5.11 Å². The molecule has 0 bridgehead atoms. The maximum absolute atomic E-state index is 10.9. The Hall–Kier alpha value is -1.51. The second-order valence-corrected chi connectivity index (χ2v) is 4.24. The van der Waals surface area contributed by atoms with Crippen LogP contribution in [-0.4, -0.2) is 5.11 Å². The fraction of sp³-hybridized carbons (Fsp3) is 0.143. The fourth-order valence-electron chi connectivity index (χ4n) is 1.58. The Labute approximate surface area is 113 Å². The van der Waals surface area contributed by atoms with Crippen LogP contribution in [0.4, 0.5) is 5.69 Å². The van der Waals surface area contributed by atoms with E-state index in [4.69, 9.17) is 24.2 Å². The van der Waals surface area contributed by atoms with E-state index in [1.807, 2.05) is 0 Å². The third-order valence-corrected chi connectivity index (χ3v) is 2.76. The fourth-order valence-corrected chi connectivity index (χ4v) is 1.75. The summed E-state index contributed by atoms with van der Waals surface area (Å²) in [5.74, 6) is 0. The van der Waals surface area contributed by atoms with E-state index in [-0.39, 0.29) is 16.8 Å². The molecule has 0 aromatic heterocycles. The summed E-state index contributed by atoms with van der Waals surface area (Å²) in [4.78, 5) is 0. The molecule has 0 saturated heterocycles. The van der Waals surface area contributed by atoms with Crippen LogP contribution in [0.3, 0.4) is 0 Å². The highest BCUT2D eigenvalue weighted by molar-refractivity contribution is 6.30. The predicted molar refractivity (Wildman–Crippen MR) is 71.0 cm³/mol. The van der Waals surface area contributed by atoms with Crippen LogP contribution in [-0.2, 0) is 5.60 Å². The summed E-state index contributed by atoms with van der Waals surface area (Å²) in [5, 5.41) is 11.2. The molecule has 2 aromatic rings. The molecule has 3 N–H and O–H groups in total. The molecule has 3 heteroatoms. The quantitative estimate of drug-likeness (QED) is 0.807. The summed E-state index contributed by atoms with van der Waals surface area (Å²) < 4.78 is 38.9. The number of nitrogens with two attached hydrogens (primary N) is 1. The molecular weight excluding hydrogens is 234 g/mol. The summed E-state index contributed by atoms with van der Waals surface area (Å²) in [6, 6.07) is 1.94. The van der Waals surface area contributed by atoms with Gasteiger partial charge in [0.15, 0.2) is 0 Å². The molecule has 2 aromatic carbocycles. The summed E-state index contributed by atoms with van der Waals surface area (Å²) in [6.45, 7) is 1.32. The molecule has 0 radical (unpaired) electrons. The lowest BCUT2D eigenvalue weighted by atomic mass is 9.87. The van der Waals surface area contributed by atoms with Crippen molar-refractivity contribution >= 4 is 17.3 Å². The summed E-state index contributed by atoms with van der Waals surface area (Å²) in [6.07, 6.45) is 0. The minimum atomic E-state index is -1.89. The van der Waals surface area contributed by atoms with Crippen LogP contribution in [0.2, 0.25) is 5.02 Å². The lowest BCUT2D eigenvalue weighted by Crippen LogP contribution is -2.24. The van der Waals surface area contributed by atoms with Crippen LogP contribution in [0.1, 0.15) is 24.9 Å². The maximum Gasteiger partial charge on any atom is 0.114 e. The van der Waals surface area contributed by atoms with E-state index in [1.165, 1.54) is 19.1 Å². The van der Waals surface area contributed by atoms with Crippen molar-refractivity contribution in [1.82, 2.24) is 0 Å². The Morgan fingerprint density at radius 1 is 1.29 bits per heavy atom. The Kier molecular flexibility index (Phi) is 1.82. The van der Waals surface area contributed by atoms with E-state index in [0.717, 1.165) is 0 Å². The molecule has 1 atom stereocenters. The lowest BCUT2D eigenvalue weighted by molar-refractivity contribution is 0.103. The van der Waals surface area contributed by atoms with Crippen molar-refractivity contribution in [2.45, 2.75) is 12.5 Å². The standard InChI is InChI=1S/C14H14ClNO/c1-14(17,10-5-3-2-4-6-10)12-9-11(15)7-8-13(12)16/h2-9,17H,16H2,1H3/i2D,3D,4D,5D,6D. The first kappa shape index (κ1) is 7.04. The monoisotopic (exact) mass is 252 g/mol. The second-order valence-electron chi connectivity index (χ2n) is 3.80. The third-order valence-electron chi connectivity index (χ3n) is 2.53. The largest absolute Gasteiger partial charge is 0.398 e. The smallest absolute Gasteiger partial charge is 0.114 e. The zero-order chi connectivity index (χ0) is 16.8. The van der Waals surface area contributed by atoms with Crippen molar-refractivity contribution in [2.24, 2.45) is 0 Å². The molecule has 0 aliphatic rings. The average Bonchev–Trinajstić information content (AvgIpc) is 2.45. The lowest BCUT2D eigenvalue weighted by Gasteiger charge is -2.26. The maximum atomic E-state index is 10.9. The van der Waals surface area contributed by atoms with Gasteiger partial charge in [-0.2, -0.15) is 0 Å². The van der Waals surface area contributed by atoms with E-state index in [0.29, 0.717) is 5.02 Å². The van der Waals surface area contributed by atoms with Gasteiger partial charge in [0, 0.05) is 16.3 Å². The van der Waals surface area contributed by atoms with Crippen LogP contribution in [0.25, 0.3) is 0 Å². The zero-order valence-electron chi connectivity index (χ0n) is 14.1. The molecule has 17 heavy (non-hydrogen) atoms. The van der Waals surface area contributed by atoms with E-state index in [1.54, 1.807) is 6.07 Å². The Morgan fingerprint density at radius 3 is 2.59 bits per heavy atom. The summed E-state index contributed by atoms with van der Waals surface area (Å²) in [5.41, 5.74) is 4.11. The van der Waals surface area contributed by atoms with Gasteiger partial charge < -0.3 is 10.8 Å². The van der Waals surface area contributed by atoms with Crippen LogP contribution >= 0.6 is 11.6 Å². The number of nitrogen functional groups attached to an aromatic ring is 1.